The van der Waals surface area contributed by atoms with Gasteiger partial charge in [-0.15, -0.1) is 11.3 Å². The average Bonchev–Trinajstić information content (AvgIpc) is 3.14. The van der Waals surface area contributed by atoms with Gasteiger partial charge in [0.2, 0.25) is 15.9 Å². The molecule has 0 radical (unpaired) electrons. The molecule has 140 valence electrons. The Morgan fingerprint density at radius 1 is 1.27 bits per heavy atom. The number of thiophene rings is 1. The van der Waals surface area contributed by atoms with Gasteiger partial charge in [0.05, 0.1) is 10.9 Å². The Balaban J connectivity index is 1.64. The molecule has 2 aromatic rings. The van der Waals surface area contributed by atoms with Crippen LogP contribution in [0.15, 0.2) is 40.6 Å². The van der Waals surface area contributed by atoms with Crippen LogP contribution in [-0.2, 0) is 27.7 Å². The Morgan fingerprint density at radius 3 is 2.65 bits per heavy atom. The van der Waals surface area contributed by atoms with Crippen molar-refractivity contribution in [3.63, 3.8) is 0 Å². The minimum Gasteiger partial charge on any atom is -0.335 e. The smallest absolute Gasteiger partial charge is 0.240 e. The number of carbonyl (C=O) groups excluding carboxylic acids is 1. The van der Waals surface area contributed by atoms with Crippen molar-refractivity contribution in [2.75, 3.05) is 13.6 Å². The number of hydrogen-bond donors (Lipinski definition) is 1. The zero-order valence-electron chi connectivity index (χ0n) is 15.1. The summed E-state index contributed by atoms with van der Waals surface area (Å²) in [4.78, 5) is 16.4. The van der Waals surface area contributed by atoms with Crippen molar-refractivity contribution in [1.29, 1.82) is 0 Å². The summed E-state index contributed by atoms with van der Waals surface area (Å²) in [6.45, 7) is 2.91. The number of carbonyl (C=O) groups is 1. The fraction of sp³-hybridized carbons (Fsp3) is 0.421. The molecule has 1 atom stereocenters. The molecule has 0 spiro atoms. The third-order valence-corrected chi connectivity index (χ3v) is 7.36. The first-order valence-corrected chi connectivity index (χ1v) is 11.2. The Hall–Kier alpha value is -1.70. The minimum absolute atomic E-state index is 0.167. The molecule has 3 rings (SSSR count). The second-order valence-electron chi connectivity index (χ2n) is 6.41. The summed E-state index contributed by atoms with van der Waals surface area (Å²) in [5.41, 5.74) is 2.27. The van der Waals surface area contributed by atoms with E-state index in [-0.39, 0.29) is 16.8 Å². The van der Waals surface area contributed by atoms with Crippen LogP contribution >= 0.6 is 11.3 Å². The van der Waals surface area contributed by atoms with E-state index in [0.717, 1.165) is 24.9 Å². The van der Waals surface area contributed by atoms with E-state index in [2.05, 4.69) is 23.1 Å². The van der Waals surface area contributed by atoms with Crippen molar-refractivity contribution >= 4 is 27.3 Å². The van der Waals surface area contributed by atoms with E-state index in [1.165, 1.54) is 17.5 Å². The van der Waals surface area contributed by atoms with Gasteiger partial charge < -0.3 is 4.90 Å². The number of nitrogens with one attached hydrogen (secondary N) is 1. The highest BCUT2D eigenvalue weighted by Crippen LogP contribution is 2.35. The number of hydrogen-bond acceptors (Lipinski definition) is 4. The van der Waals surface area contributed by atoms with Crippen molar-refractivity contribution < 1.29 is 13.2 Å². The van der Waals surface area contributed by atoms with Gasteiger partial charge in [0.15, 0.2) is 0 Å². The number of amides is 1. The maximum atomic E-state index is 12.8. The van der Waals surface area contributed by atoms with E-state index in [1.54, 1.807) is 35.6 Å². The topological polar surface area (TPSA) is 66.5 Å². The van der Waals surface area contributed by atoms with Crippen LogP contribution in [0.3, 0.4) is 0 Å². The first-order chi connectivity index (χ1) is 12.5. The lowest BCUT2D eigenvalue weighted by molar-refractivity contribution is -0.134. The van der Waals surface area contributed by atoms with Crippen LogP contribution < -0.4 is 4.72 Å². The molecule has 1 aromatic carbocycles. The Morgan fingerprint density at radius 2 is 2.00 bits per heavy atom. The number of fused-ring (bicyclic) bond motifs is 1. The van der Waals surface area contributed by atoms with Gasteiger partial charge >= 0.3 is 0 Å². The van der Waals surface area contributed by atoms with Crippen LogP contribution in [0.2, 0.25) is 0 Å². The van der Waals surface area contributed by atoms with E-state index < -0.39 is 10.0 Å². The molecule has 1 aromatic heterocycles. The van der Waals surface area contributed by atoms with Crippen molar-refractivity contribution in [1.82, 2.24) is 9.62 Å². The summed E-state index contributed by atoms with van der Waals surface area (Å²) in [6, 6.07) is 9.05. The van der Waals surface area contributed by atoms with E-state index >= 15 is 0 Å². The summed E-state index contributed by atoms with van der Waals surface area (Å²) in [6.07, 6.45) is 2.91. The molecule has 1 aliphatic rings. The van der Waals surface area contributed by atoms with Crippen LogP contribution in [0.4, 0.5) is 0 Å². The van der Waals surface area contributed by atoms with E-state index in [4.69, 9.17) is 0 Å². The Labute approximate surface area is 159 Å². The molecule has 1 amide bonds. The molecule has 2 heterocycles. The van der Waals surface area contributed by atoms with Crippen LogP contribution in [0, 0.1) is 0 Å². The standard InChI is InChI=1S/C19H24N2O3S2/c1-3-17-16-11-13-25-18(16)10-12-21(17)19(22)9-6-14-4-7-15(8-5-14)26(23,24)20-2/h4-5,7-8,11,13,17,20H,3,6,9-10,12H2,1-2H3. The first kappa shape index (κ1) is 19.1. The molecule has 0 aliphatic carbocycles. The van der Waals surface area contributed by atoms with Crippen LogP contribution in [0.5, 0.6) is 0 Å². The second kappa shape index (κ2) is 7.90. The Bertz CT molecular complexity index is 872. The van der Waals surface area contributed by atoms with Crippen LogP contribution in [0.1, 0.15) is 41.8 Å². The lowest BCUT2D eigenvalue weighted by Crippen LogP contribution is -2.39. The first-order valence-electron chi connectivity index (χ1n) is 8.84. The van der Waals surface area contributed by atoms with Gasteiger partial charge in [-0.3, -0.25) is 4.79 Å². The third-order valence-electron chi connectivity index (χ3n) is 4.93. The van der Waals surface area contributed by atoms with Gasteiger partial charge in [0.1, 0.15) is 0 Å². The molecule has 5 nitrogen and oxygen atoms in total. The van der Waals surface area contributed by atoms with Gasteiger partial charge in [-0.1, -0.05) is 19.1 Å². The molecule has 0 saturated heterocycles. The highest BCUT2D eigenvalue weighted by atomic mass is 32.2. The molecule has 1 unspecified atom stereocenters. The largest absolute Gasteiger partial charge is 0.335 e. The lowest BCUT2D eigenvalue weighted by Gasteiger charge is -2.35. The summed E-state index contributed by atoms with van der Waals surface area (Å²) in [5.74, 6) is 0.167. The molecule has 0 fully saturated rings. The van der Waals surface area contributed by atoms with Gasteiger partial charge in [0.25, 0.3) is 0 Å². The maximum Gasteiger partial charge on any atom is 0.240 e. The summed E-state index contributed by atoms with van der Waals surface area (Å²) >= 11 is 1.78. The summed E-state index contributed by atoms with van der Waals surface area (Å²) in [7, 11) is -2.03. The molecule has 1 N–H and O–H groups in total. The van der Waals surface area contributed by atoms with Crippen molar-refractivity contribution in [2.24, 2.45) is 0 Å². The number of rotatable bonds is 6. The molecule has 7 heteroatoms. The Kier molecular flexibility index (Phi) is 5.79. The predicted molar refractivity (Wildman–Crippen MR) is 104 cm³/mol. The van der Waals surface area contributed by atoms with Gasteiger partial charge in [-0.2, -0.15) is 0 Å². The van der Waals surface area contributed by atoms with E-state index in [0.29, 0.717) is 12.8 Å². The molecule has 0 bridgehead atoms. The van der Waals surface area contributed by atoms with E-state index in [9.17, 15) is 13.2 Å². The summed E-state index contributed by atoms with van der Waals surface area (Å²) < 4.78 is 25.8. The van der Waals surface area contributed by atoms with E-state index in [1.807, 2.05) is 4.90 Å². The highest BCUT2D eigenvalue weighted by molar-refractivity contribution is 7.89. The molecule has 26 heavy (non-hydrogen) atoms. The van der Waals surface area contributed by atoms with Crippen molar-refractivity contribution in [2.45, 2.75) is 43.5 Å². The molecular formula is C19H24N2O3S2. The third kappa shape index (κ3) is 3.84. The van der Waals surface area contributed by atoms with Crippen molar-refractivity contribution in [3.05, 3.63) is 51.7 Å². The molecule has 0 saturated carbocycles. The monoisotopic (exact) mass is 392 g/mol. The number of sulfonamides is 1. The normalized spacial score (nSPS) is 17.2. The number of nitrogens with zero attached hydrogens (tertiary/aromatic N) is 1. The van der Waals surface area contributed by atoms with Crippen LogP contribution in [0.25, 0.3) is 0 Å². The molecular weight excluding hydrogens is 368 g/mol. The summed E-state index contributed by atoms with van der Waals surface area (Å²) in [5, 5.41) is 2.11. The average molecular weight is 393 g/mol. The number of benzene rings is 1. The maximum absolute atomic E-state index is 12.8. The fourth-order valence-electron chi connectivity index (χ4n) is 3.48. The fourth-order valence-corrected chi connectivity index (χ4v) is 5.14. The molecule has 1 aliphatic heterocycles. The van der Waals surface area contributed by atoms with Gasteiger partial charge in [-0.25, -0.2) is 13.1 Å². The van der Waals surface area contributed by atoms with Crippen molar-refractivity contribution in [3.8, 4) is 0 Å². The zero-order valence-corrected chi connectivity index (χ0v) is 16.7. The SMILES string of the molecule is CCC1c2ccsc2CCN1C(=O)CCc1ccc(S(=O)(=O)NC)cc1. The quantitative estimate of drug-likeness (QED) is 0.821. The number of aryl methyl sites for hydroxylation is 1. The zero-order chi connectivity index (χ0) is 18.7. The lowest BCUT2D eigenvalue weighted by atomic mass is 9.97. The van der Waals surface area contributed by atoms with Gasteiger partial charge in [-0.05, 0) is 61.0 Å². The minimum atomic E-state index is -3.42. The predicted octanol–water partition coefficient (Wildman–Crippen LogP) is 3.12. The van der Waals surface area contributed by atoms with Crippen LogP contribution in [-0.4, -0.2) is 32.8 Å². The second-order valence-corrected chi connectivity index (χ2v) is 9.30. The van der Waals surface area contributed by atoms with Gasteiger partial charge in [0, 0.05) is 17.8 Å². The highest BCUT2D eigenvalue weighted by Gasteiger charge is 2.29.